The van der Waals surface area contributed by atoms with Crippen LogP contribution in [0.15, 0.2) is 47.6 Å². The summed E-state index contributed by atoms with van der Waals surface area (Å²) >= 11 is 0. The highest BCUT2D eigenvalue weighted by Gasteiger charge is 2.78. The van der Waals surface area contributed by atoms with Crippen LogP contribution < -0.4 is 0 Å². The molecule has 0 bridgehead atoms. The zero-order chi connectivity index (χ0) is 42.3. The molecule has 0 aromatic heterocycles. The van der Waals surface area contributed by atoms with Gasteiger partial charge in [-0.15, -0.1) is 0 Å². The molecule has 11 nitrogen and oxygen atoms in total. The van der Waals surface area contributed by atoms with E-state index in [0.29, 0.717) is 18.4 Å². The topological polar surface area (TPSA) is 210 Å². The third-order valence-corrected chi connectivity index (χ3v) is 17.2. The third kappa shape index (κ3) is 4.92. The molecule has 8 aliphatic carbocycles. The van der Waals surface area contributed by atoms with Gasteiger partial charge < -0.3 is 35.7 Å². The van der Waals surface area contributed by atoms with Crippen LogP contribution in [0.25, 0.3) is 0 Å². The van der Waals surface area contributed by atoms with Crippen molar-refractivity contribution in [3.63, 3.8) is 0 Å². The van der Waals surface area contributed by atoms with Crippen LogP contribution in [0.2, 0.25) is 0 Å². The number of halogens is 3. The molecule has 0 unspecified atom stereocenters. The molecule has 8 rings (SSSR count). The van der Waals surface area contributed by atoms with E-state index in [2.05, 4.69) is 0 Å². The molecule has 314 valence electrons. The number of fused-ring (bicyclic) bond motifs is 10. The monoisotopic (exact) mass is 804 g/mol. The van der Waals surface area contributed by atoms with Crippen molar-refractivity contribution in [1.29, 1.82) is 0 Å². The lowest BCUT2D eigenvalue weighted by atomic mass is 9.44. The van der Waals surface area contributed by atoms with Crippen LogP contribution in [0.4, 0.5) is 13.2 Å². The molecule has 0 heterocycles. The summed E-state index contributed by atoms with van der Waals surface area (Å²) in [4.78, 5) is 48.5. The van der Waals surface area contributed by atoms with Gasteiger partial charge in [-0.05, 0) is 106 Å². The molecule has 6 saturated carbocycles. The minimum Gasteiger partial charge on any atom is -0.390 e. The Kier molecular flexibility index (Phi) is 9.70. The summed E-state index contributed by atoms with van der Waals surface area (Å²) in [5, 5.41) is 74.0. The molecule has 0 radical (unpaired) electrons. The number of rotatable bonds is 4. The molecule has 7 N–H and O–H groups in total. The second kappa shape index (κ2) is 13.1. The van der Waals surface area contributed by atoms with Crippen molar-refractivity contribution < 1.29 is 68.1 Å². The average molecular weight is 805 g/mol. The van der Waals surface area contributed by atoms with Gasteiger partial charge in [0, 0.05) is 33.5 Å². The maximum absolute atomic E-state index is 16.9. The van der Waals surface area contributed by atoms with Gasteiger partial charge in [-0.2, -0.15) is 0 Å². The molecule has 6 fully saturated rings. The van der Waals surface area contributed by atoms with Crippen molar-refractivity contribution in [3.8, 4) is 0 Å². The summed E-state index contributed by atoms with van der Waals surface area (Å²) in [7, 11) is 0. The fraction of sp³-hybridized carbons (Fsp3) is 0.721. The van der Waals surface area contributed by atoms with Crippen LogP contribution in [0.1, 0.15) is 79.6 Å². The Morgan fingerprint density at radius 1 is 0.702 bits per heavy atom. The first-order chi connectivity index (χ1) is 26.3. The number of carbonyl (C=O) groups is 4. The van der Waals surface area contributed by atoms with Crippen molar-refractivity contribution >= 4 is 23.1 Å². The van der Waals surface area contributed by atoms with Crippen LogP contribution in [0.3, 0.4) is 0 Å². The van der Waals surface area contributed by atoms with Crippen molar-refractivity contribution in [2.45, 2.75) is 127 Å². The zero-order valence-corrected chi connectivity index (χ0v) is 32.9. The van der Waals surface area contributed by atoms with Gasteiger partial charge in [-0.1, -0.05) is 38.5 Å². The second-order valence-corrected chi connectivity index (χ2v) is 19.2. The first kappa shape index (κ1) is 42.3. The van der Waals surface area contributed by atoms with E-state index in [0.717, 1.165) is 6.08 Å². The van der Waals surface area contributed by atoms with E-state index < -0.39 is 129 Å². The van der Waals surface area contributed by atoms with Crippen LogP contribution in [-0.4, -0.2) is 119 Å². The SMILES string of the molecule is C[C@@H]1C[C@H]2[C@@H]3C[C@H](F)C4=CC(=O)C=C[C@]4(C)[C@@]3(F)[C@@H](O)C[C@]2(C)[C@@]1(O)C(=O)CO.C[C@]12C=CC(=O)C=C1CC[C@H]1[C@@H]3C[C@@H](O)[C@](O)(C(=O)CO)[C@@]3(C)C[C@H](O)[C@@]12F. The van der Waals surface area contributed by atoms with Gasteiger partial charge in [0.1, 0.15) is 25.0 Å². The maximum atomic E-state index is 16.9. The van der Waals surface area contributed by atoms with Crippen molar-refractivity contribution in [2.75, 3.05) is 13.2 Å². The normalized spacial score (nSPS) is 53.1. The van der Waals surface area contributed by atoms with Gasteiger partial charge in [-0.25, -0.2) is 13.2 Å². The Labute approximate surface area is 329 Å². The Balaban J connectivity index is 0.000000174. The number of aliphatic hydroxyl groups is 7. The lowest BCUT2D eigenvalue weighted by molar-refractivity contribution is -0.223. The number of hydrogen-bond acceptors (Lipinski definition) is 11. The number of ketones is 4. The van der Waals surface area contributed by atoms with E-state index in [-0.39, 0.29) is 43.5 Å². The van der Waals surface area contributed by atoms with Gasteiger partial charge in [0.2, 0.25) is 0 Å². The smallest absolute Gasteiger partial charge is 0.192 e. The van der Waals surface area contributed by atoms with Gasteiger partial charge in [0.15, 0.2) is 40.1 Å². The quantitative estimate of drug-likeness (QED) is 0.220. The largest absolute Gasteiger partial charge is 0.390 e. The van der Waals surface area contributed by atoms with Crippen LogP contribution in [0.5, 0.6) is 0 Å². The Hall–Kier alpha value is -2.85. The number of carbonyl (C=O) groups excluding carboxylic acids is 4. The summed E-state index contributed by atoms with van der Waals surface area (Å²) in [6.07, 6.45) is 2.36. The van der Waals surface area contributed by atoms with Crippen molar-refractivity contribution in [1.82, 2.24) is 0 Å². The number of hydrogen-bond donors (Lipinski definition) is 7. The molecule has 0 spiro atoms. The zero-order valence-electron chi connectivity index (χ0n) is 32.9. The Morgan fingerprint density at radius 3 is 1.77 bits per heavy atom. The maximum Gasteiger partial charge on any atom is 0.192 e. The van der Waals surface area contributed by atoms with E-state index in [4.69, 9.17) is 0 Å². The minimum absolute atomic E-state index is 0.0135. The Bertz CT molecular complexity index is 1910. The van der Waals surface area contributed by atoms with Gasteiger partial charge >= 0.3 is 0 Å². The fourth-order valence-corrected chi connectivity index (χ4v) is 14.1. The predicted molar refractivity (Wildman–Crippen MR) is 197 cm³/mol. The third-order valence-electron chi connectivity index (χ3n) is 17.2. The first-order valence-corrected chi connectivity index (χ1v) is 20.0. The van der Waals surface area contributed by atoms with Gasteiger partial charge in [-0.3, -0.25) is 19.2 Å². The molecule has 0 aromatic rings. The minimum atomic E-state index is -2.24. The molecule has 14 heteroatoms. The highest BCUT2D eigenvalue weighted by molar-refractivity contribution is 6.02. The molecule has 8 aliphatic rings. The van der Waals surface area contributed by atoms with E-state index in [1.165, 1.54) is 37.3 Å². The number of allylic oxidation sites excluding steroid dienone is 8. The lowest BCUT2D eigenvalue weighted by Gasteiger charge is -2.63. The molecule has 0 aliphatic heterocycles. The molecule has 17 atom stereocenters. The van der Waals surface area contributed by atoms with E-state index in [9.17, 15) is 54.9 Å². The number of alkyl halides is 3. The second-order valence-electron chi connectivity index (χ2n) is 19.2. The first-order valence-electron chi connectivity index (χ1n) is 20.0. The number of Topliss-reactive ketones (excluding diaryl/α,β-unsaturated/α-hetero) is 2. The molecule has 0 saturated heterocycles. The van der Waals surface area contributed by atoms with Gasteiger partial charge in [0.05, 0.1) is 18.3 Å². The molecule has 0 aromatic carbocycles. The van der Waals surface area contributed by atoms with Crippen LogP contribution in [0, 0.1) is 51.2 Å². The van der Waals surface area contributed by atoms with Gasteiger partial charge in [0.25, 0.3) is 0 Å². The van der Waals surface area contributed by atoms with E-state index in [1.807, 2.05) is 0 Å². The predicted octanol–water partition coefficient (Wildman–Crippen LogP) is 2.46. The van der Waals surface area contributed by atoms with Crippen molar-refractivity contribution in [2.24, 2.45) is 51.2 Å². The van der Waals surface area contributed by atoms with Crippen LogP contribution >= 0.6 is 0 Å². The standard InChI is InChI=1S/C22H28F2O5.C21H27FO6/c1-11-6-13-14-8-16(23)15-7-12(26)4-5-19(15,2)21(14,24)17(27)9-20(13,3)22(11,29)18(28)10-25;1-18-6-5-12(24)7-11(18)3-4-13-14-8-15(25)21(28,17(27)10-23)19(14,2)9-16(26)20(13,18)22/h4-5,7,11,13-14,16-17,25,27,29H,6,8-10H2,1-3H3;5-7,13-16,23,25-26,28H,3-4,8-10H2,1-2H3/t11-,13+,14+,16+,17+,19+,20+,21+,22+;13-,14-,15+,16-,18-,19-,20-,21-/m10/s1. The van der Waals surface area contributed by atoms with E-state index in [1.54, 1.807) is 27.7 Å². The summed E-state index contributed by atoms with van der Waals surface area (Å²) in [6.45, 7) is 6.30. The molecule has 0 amide bonds. The summed E-state index contributed by atoms with van der Waals surface area (Å²) in [5.41, 5.74) is -12.9. The molecule has 57 heavy (non-hydrogen) atoms. The number of aliphatic hydroxyl groups excluding tert-OH is 5. The van der Waals surface area contributed by atoms with Crippen molar-refractivity contribution in [3.05, 3.63) is 47.6 Å². The Morgan fingerprint density at radius 2 is 1.19 bits per heavy atom. The molecular weight excluding hydrogens is 749 g/mol. The average Bonchev–Trinajstić information content (AvgIpc) is 3.49. The van der Waals surface area contributed by atoms with Crippen LogP contribution in [-0.2, 0) is 19.2 Å². The summed E-state index contributed by atoms with van der Waals surface area (Å²) < 4.78 is 48.9. The summed E-state index contributed by atoms with van der Waals surface area (Å²) in [6, 6.07) is 0. The molecular formula is C43H55F3O11. The van der Waals surface area contributed by atoms with E-state index >= 15 is 13.2 Å². The fourth-order valence-electron chi connectivity index (χ4n) is 14.1. The highest BCUT2D eigenvalue weighted by Crippen LogP contribution is 2.72. The summed E-state index contributed by atoms with van der Waals surface area (Å²) in [5.74, 6) is -5.62. The highest BCUT2D eigenvalue weighted by atomic mass is 19.2. The lowest BCUT2D eigenvalue weighted by Crippen LogP contribution is -2.70.